The normalized spacial score (nSPS) is 11.5. The average Bonchev–Trinajstić information content (AvgIpc) is 2.17. The van der Waals surface area contributed by atoms with Crippen molar-refractivity contribution < 1.29 is 4.74 Å². The van der Waals surface area contributed by atoms with Crippen molar-refractivity contribution in [3.8, 4) is 11.8 Å². The third kappa shape index (κ3) is 3.02. The van der Waals surface area contributed by atoms with Gasteiger partial charge >= 0.3 is 0 Å². The Morgan fingerprint density at radius 2 is 2.07 bits per heavy atom. The largest absolute Gasteiger partial charge is 0.440 e. The Morgan fingerprint density at radius 3 is 2.50 bits per heavy atom. The summed E-state index contributed by atoms with van der Waals surface area (Å²) in [6, 6.07) is 9.38. The van der Waals surface area contributed by atoms with E-state index in [1.807, 2.05) is 19.1 Å². The zero-order valence-corrected chi connectivity index (χ0v) is 9.31. The average molecular weight is 223 g/mol. The van der Waals surface area contributed by atoms with Crippen molar-refractivity contribution in [2.24, 2.45) is 0 Å². The molecule has 0 spiro atoms. The molecule has 0 aliphatic rings. The number of thiocarbonyl (C=S) groups is 1. The predicted octanol–water partition coefficient (Wildman–Crippen LogP) is 2.91. The van der Waals surface area contributed by atoms with Crippen molar-refractivity contribution in [3.63, 3.8) is 0 Å². The molecule has 0 saturated heterocycles. The molecule has 1 rings (SSSR count). The molecule has 1 aromatic carbocycles. The van der Waals surface area contributed by atoms with Crippen LogP contribution in [0.15, 0.2) is 24.3 Å². The van der Waals surface area contributed by atoms with E-state index in [9.17, 15) is 0 Å². The van der Waals surface area contributed by atoms with Crippen molar-refractivity contribution in [1.82, 2.24) is 0 Å². The SMILES string of the molecule is C[C@H](C#N)c1ccc(OC(=S)S)cc1. The van der Waals surface area contributed by atoms with Gasteiger partial charge in [-0.1, -0.05) is 24.8 Å². The Hall–Kier alpha value is -1.05. The van der Waals surface area contributed by atoms with Gasteiger partial charge in [-0.05, 0) is 36.8 Å². The van der Waals surface area contributed by atoms with Crippen LogP contribution in [-0.2, 0) is 0 Å². The molecular formula is C10H9NOS2. The van der Waals surface area contributed by atoms with Gasteiger partial charge in [-0.15, -0.1) is 0 Å². The van der Waals surface area contributed by atoms with Crippen molar-refractivity contribution in [2.75, 3.05) is 0 Å². The lowest BCUT2D eigenvalue weighted by molar-refractivity contribution is 0.579. The first-order chi connectivity index (χ1) is 6.63. The lowest BCUT2D eigenvalue weighted by atomic mass is 10.0. The van der Waals surface area contributed by atoms with Gasteiger partial charge in [0.05, 0.1) is 12.0 Å². The topological polar surface area (TPSA) is 33.0 Å². The van der Waals surface area contributed by atoms with E-state index in [2.05, 4.69) is 30.9 Å². The van der Waals surface area contributed by atoms with Crippen LogP contribution in [0.1, 0.15) is 18.4 Å². The molecule has 4 heteroatoms. The second kappa shape index (κ2) is 4.99. The van der Waals surface area contributed by atoms with Gasteiger partial charge in [-0.3, -0.25) is 0 Å². The molecule has 1 atom stereocenters. The Labute approximate surface area is 93.9 Å². The molecule has 14 heavy (non-hydrogen) atoms. The highest BCUT2D eigenvalue weighted by atomic mass is 32.1. The molecule has 0 heterocycles. The van der Waals surface area contributed by atoms with Gasteiger partial charge < -0.3 is 4.74 Å². The molecule has 72 valence electrons. The fourth-order valence-corrected chi connectivity index (χ4v) is 1.20. The maximum absolute atomic E-state index is 8.69. The predicted molar refractivity (Wildman–Crippen MR) is 62.7 cm³/mol. The van der Waals surface area contributed by atoms with Crippen LogP contribution in [0.3, 0.4) is 0 Å². The maximum atomic E-state index is 8.69. The highest BCUT2D eigenvalue weighted by molar-refractivity contribution is 8.10. The van der Waals surface area contributed by atoms with E-state index in [0.29, 0.717) is 5.75 Å². The summed E-state index contributed by atoms with van der Waals surface area (Å²) in [6.07, 6.45) is 0. The lowest BCUT2D eigenvalue weighted by Crippen LogP contribution is -1.96. The Balaban J connectivity index is 2.79. The molecule has 0 aliphatic carbocycles. The van der Waals surface area contributed by atoms with Crippen LogP contribution < -0.4 is 4.74 Å². The maximum Gasteiger partial charge on any atom is 0.222 e. The quantitative estimate of drug-likeness (QED) is 0.618. The second-order valence-electron chi connectivity index (χ2n) is 2.79. The van der Waals surface area contributed by atoms with Gasteiger partial charge in [0.2, 0.25) is 4.38 Å². The monoisotopic (exact) mass is 223 g/mol. The van der Waals surface area contributed by atoms with Crippen LogP contribution in [0, 0.1) is 11.3 Å². The van der Waals surface area contributed by atoms with Gasteiger partial charge in [0, 0.05) is 0 Å². The molecule has 0 aromatic heterocycles. The summed E-state index contributed by atoms with van der Waals surface area (Å²) >= 11 is 8.53. The first-order valence-corrected chi connectivity index (χ1v) is 4.89. The number of hydrogen-bond acceptors (Lipinski definition) is 3. The van der Waals surface area contributed by atoms with Crippen LogP contribution in [0.25, 0.3) is 0 Å². The second-order valence-corrected chi connectivity index (χ2v) is 3.87. The van der Waals surface area contributed by atoms with Crippen molar-refractivity contribution >= 4 is 29.2 Å². The lowest BCUT2D eigenvalue weighted by Gasteiger charge is -2.05. The standard InChI is InChI=1S/C10H9NOS2/c1-7(6-11)8-2-4-9(5-3-8)12-10(13)14/h2-5,7H,1H3,(H,13,14)/t7-/m1/s1. The molecule has 0 amide bonds. The van der Waals surface area contributed by atoms with Gasteiger partial charge in [0.1, 0.15) is 5.75 Å². The van der Waals surface area contributed by atoms with E-state index in [-0.39, 0.29) is 10.3 Å². The van der Waals surface area contributed by atoms with Crippen LogP contribution >= 0.6 is 24.8 Å². The van der Waals surface area contributed by atoms with E-state index in [1.54, 1.807) is 12.1 Å². The number of rotatable bonds is 2. The van der Waals surface area contributed by atoms with Gasteiger partial charge in [-0.2, -0.15) is 5.26 Å². The van der Waals surface area contributed by atoms with E-state index in [1.165, 1.54) is 0 Å². The summed E-state index contributed by atoms with van der Waals surface area (Å²) < 4.78 is 5.28. The molecule has 2 nitrogen and oxygen atoms in total. The highest BCUT2D eigenvalue weighted by Gasteiger charge is 2.03. The molecule has 0 fully saturated rings. The zero-order chi connectivity index (χ0) is 10.6. The molecule has 0 bridgehead atoms. The first kappa shape index (κ1) is 11.0. The van der Waals surface area contributed by atoms with Crippen LogP contribution in [0.5, 0.6) is 5.75 Å². The summed E-state index contributed by atoms with van der Waals surface area (Å²) in [7, 11) is 0. The minimum Gasteiger partial charge on any atom is -0.440 e. The summed E-state index contributed by atoms with van der Waals surface area (Å²) in [5.41, 5.74) is 0.963. The van der Waals surface area contributed by atoms with E-state index >= 15 is 0 Å². The fraction of sp³-hybridized carbons (Fsp3) is 0.200. The molecule has 0 radical (unpaired) electrons. The van der Waals surface area contributed by atoms with E-state index < -0.39 is 0 Å². The molecule has 0 N–H and O–H groups in total. The molecule has 0 aliphatic heterocycles. The van der Waals surface area contributed by atoms with Gasteiger partial charge in [0.15, 0.2) is 0 Å². The fourth-order valence-electron chi connectivity index (χ4n) is 1.000. The zero-order valence-electron chi connectivity index (χ0n) is 7.60. The highest BCUT2D eigenvalue weighted by Crippen LogP contribution is 2.18. The minimum atomic E-state index is -0.105. The molecule has 1 aromatic rings. The number of hydrogen-bond donors (Lipinski definition) is 1. The van der Waals surface area contributed by atoms with Crippen LogP contribution in [-0.4, -0.2) is 4.38 Å². The summed E-state index contributed by atoms with van der Waals surface area (Å²) in [4.78, 5) is 0. The minimum absolute atomic E-state index is 0.105. The summed E-state index contributed by atoms with van der Waals surface area (Å²) in [5.74, 6) is 0.533. The van der Waals surface area contributed by atoms with Gasteiger partial charge in [-0.25, -0.2) is 0 Å². The number of nitrogens with zero attached hydrogens (tertiary/aromatic N) is 1. The van der Waals surface area contributed by atoms with Crippen LogP contribution in [0.2, 0.25) is 0 Å². The molecular weight excluding hydrogens is 214 g/mol. The van der Waals surface area contributed by atoms with Crippen molar-refractivity contribution in [1.29, 1.82) is 5.26 Å². The Bertz CT molecular complexity index is 367. The summed E-state index contributed by atoms with van der Waals surface area (Å²) in [6.45, 7) is 1.85. The van der Waals surface area contributed by atoms with Gasteiger partial charge in [0.25, 0.3) is 0 Å². The van der Waals surface area contributed by atoms with Crippen molar-refractivity contribution in [3.05, 3.63) is 29.8 Å². The van der Waals surface area contributed by atoms with E-state index in [0.717, 1.165) is 5.56 Å². The summed E-state index contributed by atoms with van der Waals surface area (Å²) in [5, 5.41) is 8.69. The van der Waals surface area contributed by atoms with Crippen LogP contribution in [0.4, 0.5) is 0 Å². The Morgan fingerprint density at radius 1 is 1.50 bits per heavy atom. The molecule has 0 unspecified atom stereocenters. The number of ether oxygens (including phenoxy) is 1. The van der Waals surface area contributed by atoms with E-state index in [4.69, 9.17) is 10.00 Å². The smallest absolute Gasteiger partial charge is 0.222 e. The molecule has 0 saturated carbocycles. The number of nitriles is 1. The third-order valence-corrected chi connectivity index (χ3v) is 1.95. The number of benzene rings is 1. The first-order valence-electron chi connectivity index (χ1n) is 4.04. The number of thiol groups is 1. The third-order valence-electron chi connectivity index (χ3n) is 1.78. The Kier molecular flexibility index (Phi) is 3.93. The van der Waals surface area contributed by atoms with Crippen molar-refractivity contribution in [2.45, 2.75) is 12.8 Å².